The third kappa shape index (κ3) is 0.883. The smallest absolute Gasteiger partial charge is 0.143 e. The minimum atomic E-state index is 0.363. The van der Waals surface area contributed by atoms with Gasteiger partial charge in [-0.1, -0.05) is 0 Å². The Morgan fingerprint density at radius 2 is 2.22 bits per heavy atom. The molecule has 0 aliphatic heterocycles. The van der Waals surface area contributed by atoms with Crippen LogP contribution in [0.5, 0.6) is 0 Å². The molecule has 1 aromatic rings. The highest BCUT2D eigenvalue weighted by Crippen LogP contribution is 2.09. The third-order valence-electron chi connectivity index (χ3n) is 0.792. The Kier molecular flexibility index (Phi) is 1.44. The Bertz CT molecular complexity index is 259. The Morgan fingerprint density at radius 1 is 1.44 bits per heavy atom. The largest absolute Gasteiger partial charge is 0.198 e. The molecule has 3 nitrogen and oxygen atoms in total. The van der Waals surface area contributed by atoms with E-state index >= 15 is 0 Å². The maximum atomic E-state index is 8.31. The lowest BCUT2D eigenvalue weighted by atomic mass is 10.3. The van der Waals surface area contributed by atoms with Crippen LogP contribution < -0.4 is 0 Å². The van der Waals surface area contributed by atoms with Crippen LogP contribution in [0.15, 0.2) is 6.20 Å². The van der Waals surface area contributed by atoms with Crippen molar-refractivity contribution in [3.8, 4) is 12.1 Å². The maximum absolute atomic E-state index is 8.31. The zero-order valence-electron chi connectivity index (χ0n) is 4.33. The van der Waals surface area contributed by atoms with Crippen LogP contribution in [0.25, 0.3) is 0 Å². The highest BCUT2D eigenvalue weighted by atomic mass is 32.1. The fraction of sp³-hybridized carbons (Fsp3) is 0. The normalized spacial score (nSPS) is 7.78. The quantitative estimate of drug-likeness (QED) is 0.530. The van der Waals surface area contributed by atoms with E-state index in [-0.39, 0.29) is 0 Å². The molecule has 0 saturated heterocycles. The molecule has 9 heavy (non-hydrogen) atoms. The molecule has 0 N–H and O–H groups in total. The van der Waals surface area contributed by atoms with Gasteiger partial charge in [0.1, 0.15) is 22.6 Å². The number of rotatable bonds is 0. The first kappa shape index (κ1) is 5.74. The van der Waals surface area contributed by atoms with Gasteiger partial charge < -0.3 is 0 Å². The van der Waals surface area contributed by atoms with Crippen molar-refractivity contribution in [2.24, 2.45) is 0 Å². The minimum absolute atomic E-state index is 0.363. The van der Waals surface area contributed by atoms with Gasteiger partial charge in [-0.25, -0.2) is 0 Å². The van der Waals surface area contributed by atoms with Crippen LogP contribution in [-0.4, -0.2) is 4.37 Å². The molecular formula is C5HN3S. The average Bonchev–Trinajstić information content (AvgIpc) is 2.33. The van der Waals surface area contributed by atoms with E-state index in [4.69, 9.17) is 10.5 Å². The molecule has 4 heteroatoms. The van der Waals surface area contributed by atoms with Crippen molar-refractivity contribution in [2.45, 2.75) is 0 Å². The van der Waals surface area contributed by atoms with Gasteiger partial charge in [-0.15, -0.1) is 0 Å². The summed E-state index contributed by atoms with van der Waals surface area (Å²) in [6.45, 7) is 0. The molecular weight excluding hydrogens is 134 g/mol. The molecule has 1 heterocycles. The average molecular weight is 135 g/mol. The van der Waals surface area contributed by atoms with E-state index in [1.54, 1.807) is 0 Å². The van der Waals surface area contributed by atoms with E-state index in [1.165, 1.54) is 6.20 Å². The molecule has 0 aromatic carbocycles. The molecule has 0 aliphatic rings. The van der Waals surface area contributed by atoms with E-state index < -0.39 is 0 Å². The van der Waals surface area contributed by atoms with Crippen molar-refractivity contribution in [3.05, 3.63) is 16.6 Å². The van der Waals surface area contributed by atoms with Gasteiger partial charge in [0.25, 0.3) is 0 Å². The summed E-state index contributed by atoms with van der Waals surface area (Å²) in [6, 6.07) is 3.71. The van der Waals surface area contributed by atoms with Gasteiger partial charge in [-0.2, -0.15) is 14.9 Å². The fourth-order valence-electron chi connectivity index (χ4n) is 0.400. The molecule has 0 bridgehead atoms. The van der Waals surface area contributed by atoms with Crippen LogP contribution in [-0.2, 0) is 0 Å². The van der Waals surface area contributed by atoms with Gasteiger partial charge in [0.2, 0.25) is 0 Å². The molecule has 0 radical (unpaired) electrons. The van der Waals surface area contributed by atoms with Gasteiger partial charge >= 0.3 is 0 Å². The molecule has 0 atom stereocenters. The highest BCUT2D eigenvalue weighted by molar-refractivity contribution is 7.06. The van der Waals surface area contributed by atoms with Crippen LogP contribution >= 0.6 is 11.5 Å². The third-order valence-corrected chi connectivity index (χ3v) is 1.50. The molecule has 1 aromatic heterocycles. The van der Waals surface area contributed by atoms with E-state index in [1.807, 2.05) is 12.1 Å². The van der Waals surface area contributed by atoms with Crippen LogP contribution in [0.2, 0.25) is 0 Å². The number of hydrogen-bond acceptors (Lipinski definition) is 4. The van der Waals surface area contributed by atoms with Gasteiger partial charge in [-0.3, -0.25) is 0 Å². The molecule has 0 saturated carbocycles. The first-order valence-electron chi connectivity index (χ1n) is 2.13. The first-order chi connectivity index (χ1) is 4.38. The number of hydrogen-bond donors (Lipinski definition) is 0. The summed E-state index contributed by atoms with van der Waals surface area (Å²) >= 11 is 1.04. The van der Waals surface area contributed by atoms with Crippen molar-refractivity contribution in [1.82, 2.24) is 4.37 Å². The zero-order valence-corrected chi connectivity index (χ0v) is 5.14. The Balaban J connectivity index is 3.22. The summed E-state index contributed by atoms with van der Waals surface area (Å²) in [7, 11) is 0. The summed E-state index contributed by atoms with van der Waals surface area (Å²) in [6.07, 6.45) is 1.39. The first-order valence-corrected chi connectivity index (χ1v) is 2.90. The summed E-state index contributed by atoms with van der Waals surface area (Å²) in [5.41, 5.74) is 0.363. The molecule has 0 aliphatic carbocycles. The Morgan fingerprint density at radius 3 is 2.67 bits per heavy atom. The lowest BCUT2D eigenvalue weighted by Gasteiger charge is -1.71. The van der Waals surface area contributed by atoms with Crippen LogP contribution in [0.3, 0.4) is 0 Å². The zero-order chi connectivity index (χ0) is 6.69. The summed E-state index contributed by atoms with van der Waals surface area (Å²) in [5, 5.41) is 16.6. The van der Waals surface area contributed by atoms with E-state index in [2.05, 4.69) is 4.37 Å². The topological polar surface area (TPSA) is 60.5 Å². The second-order valence-corrected chi connectivity index (χ2v) is 2.09. The highest BCUT2D eigenvalue weighted by Gasteiger charge is 2.00. The second-order valence-electron chi connectivity index (χ2n) is 1.29. The van der Waals surface area contributed by atoms with Gasteiger partial charge in [-0.05, 0) is 11.5 Å². The SMILES string of the molecule is N#Cc1cnsc1C#N. The monoisotopic (exact) mass is 135 g/mol. The Hall–Kier alpha value is -1.39. The predicted octanol–water partition coefficient (Wildman–Crippen LogP) is 0.886. The van der Waals surface area contributed by atoms with Gasteiger partial charge in [0.15, 0.2) is 0 Å². The van der Waals surface area contributed by atoms with Crippen molar-refractivity contribution >= 4 is 11.5 Å². The number of aromatic nitrogens is 1. The summed E-state index contributed by atoms with van der Waals surface area (Å²) < 4.78 is 3.66. The van der Waals surface area contributed by atoms with Crippen molar-refractivity contribution in [3.63, 3.8) is 0 Å². The molecule has 0 spiro atoms. The van der Waals surface area contributed by atoms with Crippen molar-refractivity contribution in [1.29, 1.82) is 10.5 Å². The lowest BCUT2D eigenvalue weighted by molar-refractivity contribution is 1.46. The Labute approximate surface area is 55.9 Å². The van der Waals surface area contributed by atoms with Crippen LogP contribution in [0.4, 0.5) is 0 Å². The molecule has 1 rings (SSSR count). The fourth-order valence-corrected chi connectivity index (χ4v) is 0.901. The van der Waals surface area contributed by atoms with Gasteiger partial charge in [0, 0.05) is 0 Å². The second kappa shape index (κ2) is 2.25. The van der Waals surface area contributed by atoms with Crippen molar-refractivity contribution in [2.75, 3.05) is 0 Å². The summed E-state index contributed by atoms with van der Waals surface area (Å²) in [5.74, 6) is 0. The number of nitrogens with zero attached hydrogens (tertiary/aromatic N) is 3. The standard InChI is InChI=1S/C5HN3S/c6-1-4-3-8-9-5(4)2-7/h3H. The van der Waals surface area contributed by atoms with E-state index in [0.29, 0.717) is 10.4 Å². The van der Waals surface area contributed by atoms with E-state index in [9.17, 15) is 0 Å². The van der Waals surface area contributed by atoms with Gasteiger partial charge in [0.05, 0.1) is 6.20 Å². The molecule has 42 valence electrons. The predicted molar refractivity (Wildman–Crippen MR) is 31.5 cm³/mol. The molecule has 0 unspecified atom stereocenters. The van der Waals surface area contributed by atoms with Crippen LogP contribution in [0.1, 0.15) is 10.4 Å². The summed E-state index contributed by atoms with van der Waals surface area (Å²) in [4.78, 5) is 0.387. The van der Waals surface area contributed by atoms with Crippen molar-refractivity contribution < 1.29 is 0 Å². The lowest BCUT2D eigenvalue weighted by Crippen LogP contribution is -1.68. The minimum Gasteiger partial charge on any atom is -0.198 e. The van der Waals surface area contributed by atoms with Crippen LogP contribution in [0, 0.1) is 22.7 Å². The maximum Gasteiger partial charge on any atom is 0.143 e. The molecule has 0 fully saturated rings. The number of nitriles is 2. The molecule has 0 amide bonds. The van der Waals surface area contributed by atoms with E-state index in [0.717, 1.165) is 11.5 Å².